The fourth-order valence-electron chi connectivity index (χ4n) is 1.93. The van der Waals surface area contributed by atoms with Crippen molar-refractivity contribution in [1.82, 2.24) is 4.90 Å². The molecule has 0 aliphatic heterocycles. The monoisotopic (exact) mass is 275 g/mol. The summed E-state index contributed by atoms with van der Waals surface area (Å²) in [5, 5.41) is 8.84. The SMILES string of the molecule is COc1ccc(C#CCO)c(CN(C)CCC(C)C)c1. The maximum absolute atomic E-state index is 8.84. The standard InChI is InChI=1S/C17H25NO2/c1-14(2)9-10-18(3)13-16-12-17(20-4)8-7-15(16)6-5-11-19/h7-8,12,14,19H,9-11,13H2,1-4H3. The van der Waals surface area contributed by atoms with E-state index in [1.807, 2.05) is 18.2 Å². The van der Waals surface area contributed by atoms with E-state index >= 15 is 0 Å². The lowest BCUT2D eigenvalue weighted by Crippen LogP contribution is -2.21. The van der Waals surface area contributed by atoms with Crippen molar-refractivity contribution in [3.8, 4) is 17.6 Å². The lowest BCUT2D eigenvalue weighted by Gasteiger charge is -2.19. The summed E-state index contributed by atoms with van der Waals surface area (Å²) in [5.41, 5.74) is 2.09. The molecule has 1 N–H and O–H groups in total. The Hall–Kier alpha value is -1.50. The lowest BCUT2D eigenvalue weighted by atomic mass is 10.1. The van der Waals surface area contributed by atoms with E-state index in [-0.39, 0.29) is 6.61 Å². The molecule has 0 aliphatic rings. The summed E-state index contributed by atoms with van der Waals surface area (Å²) in [6.07, 6.45) is 1.18. The molecule has 3 nitrogen and oxygen atoms in total. The molecule has 0 saturated heterocycles. The minimum Gasteiger partial charge on any atom is -0.497 e. The molecule has 110 valence electrons. The highest BCUT2D eigenvalue weighted by Gasteiger charge is 2.07. The maximum atomic E-state index is 8.84. The zero-order valence-electron chi connectivity index (χ0n) is 12.9. The molecule has 1 rings (SSSR count). The number of rotatable bonds is 6. The van der Waals surface area contributed by atoms with Gasteiger partial charge in [0.2, 0.25) is 0 Å². The van der Waals surface area contributed by atoms with Crippen LogP contribution in [0.3, 0.4) is 0 Å². The van der Waals surface area contributed by atoms with Gasteiger partial charge in [-0.2, -0.15) is 0 Å². The molecule has 0 fully saturated rings. The van der Waals surface area contributed by atoms with E-state index in [2.05, 4.69) is 37.6 Å². The van der Waals surface area contributed by atoms with Crippen LogP contribution in [0.15, 0.2) is 18.2 Å². The minimum atomic E-state index is -0.116. The third-order valence-corrected chi connectivity index (χ3v) is 3.14. The molecule has 0 radical (unpaired) electrons. The zero-order chi connectivity index (χ0) is 15.0. The summed E-state index contributed by atoms with van der Waals surface area (Å²) in [6, 6.07) is 5.87. The van der Waals surface area contributed by atoms with Gasteiger partial charge in [0.05, 0.1) is 7.11 Å². The van der Waals surface area contributed by atoms with E-state index in [0.29, 0.717) is 5.92 Å². The van der Waals surface area contributed by atoms with Gasteiger partial charge in [0.25, 0.3) is 0 Å². The molecule has 0 bridgehead atoms. The number of aliphatic hydroxyl groups excluding tert-OH is 1. The molecule has 1 aromatic rings. The van der Waals surface area contributed by atoms with Gasteiger partial charge in [0, 0.05) is 12.1 Å². The molecule has 3 heteroatoms. The highest BCUT2D eigenvalue weighted by molar-refractivity contribution is 5.45. The van der Waals surface area contributed by atoms with Crippen LogP contribution in [-0.4, -0.2) is 37.3 Å². The molecular weight excluding hydrogens is 250 g/mol. The van der Waals surface area contributed by atoms with Gasteiger partial charge in [-0.25, -0.2) is 0 Å². The average molecular weight is 275 g/mol. The first-order chi connectivity index (χ1) is 9.56. The molecule has 0 atom stereocenters. The molecule has 0 amide bonds. The van der Waals surface area contributed by atoms with E-state index in [1.165, 1.54) is 6.42 Å². The van der Waals surface area contributed by atoms with Gasteiger partial charge in [-0.05, 0) is 49.7 Å². The van der Waals surface area contributed by atoms with E-state index in [9.17, 15) is 0 Å². The Morgan fingerprint density at radius 3 is 2.70 bits per heavy atom. The van der Waals surface area contributed by atoms with Crippen molar-refractivity contribution >= 4 is 0 Å². The maximum Gasteiger partial charge on any atom is 0.119 e. The third kappa shape index (κ3) is 5.64. The predicted molar refractivity (Wildman–Crippen MR) is 82.7 cm³/mol. The number of hydrogen-bond donors (Lipinski definition) is 1. The van der Waals surface area contributed by atoms with Crippen LogP contribution in [0.2, 0.25) is 0 Å². The number of benzene rings is 1. The second-order valence-corrected chi connectivity index (χ2v) is 5.40. The molecule has 0 aliphatic carbocycles. The van der Waals surface area contributed by atoms with E-state index < -0.39 is 0 Å². The van der Waals surface area contributed by atoms with Crippen LogP contribution in [0, 0.1) is 17.8 Å². The van der Waals surface area contributed by atoms with Crippen molar-refractivity contribution in [2.45, 2.75) is 26.8 Å². The number of aliphatic hydroxyl groups is 1. The molecule has 0 aromatic heterocycles. The molecule has 20 heavy (non-hydrogen) atoms. The van der Waals surface area contributed by atoms with Crippen LogP contribution in [-0.2, 0) is 6.54 Å². The first-order valence-corrected chi connectivity index (χ1v) is 7.02. The van der Waals surface area contributed by atoms with Gasteiger partial charge >= 0.3 is 0 Å². The average Bonchev–Trinajstić information content (AvgIpc) is 2.43. The molecule has 0 saturated carbocycles. The van der Waals surface area contributed by atoms with Gasteiger partial charge in [0.15, 0.2) is 0 Å². The molecular formula is C17H25NO2. The number of methoxy groups -OCH3 is 1. The molecule has 1 aromatic carbocycles. The van der Waals surface area contributed by atoms with Crippen molar-refractivity contribution in [2.24, 2.45) is 5.92 Å². The molecule has 0 heterocycles. The van der Waals surface area contributed by atoms with Crippen molar-refractivity contribution < 1.29 is 9.84 Å². The van der Waals surface area contributed by atoms with E-state index in [0.717, 1.165) is 30.0 Å². The molecule has 0 spiro atoms. The smallest absolute Gasteiger partial charge is 0.119 e. The van der Waals surface area contributed by atoms with Gasteiger partial charge < -0.3 is 14.7 Å². The van der Waals surface area contributed by atoms with Crippen molar-refractivity contribution in [3.05, 3.63) is 29.3 Å². The van der Waals surface area contributed by atoms with Crippen LogP contribution in [0.25, 0.3) is 0 Å². The number of nitrogens with zero attached hydrogens (tertiary/aromatic N) is 1. The van der Waals surface area contributed by atoms with Crippen molar-refractivity contribution in [3.63, 3.8) is 0 Å². The summed E-state index contributed by atoms with van der Waals surface area (Å²) in [5.74, 6) is 7.26. The topological polar surface area (TPSA) is 32.7 Å². The largest absolute Gasteiger partial charge is 0.497 e. The van der Waals surface area contributed by atoms with Crippen molar-refractivity contribution in [1.29, 1.82) is 0 Å². The van der Waals surface area contributed by atoms with Gasteiger partial charge in [-0.1, -0.05) is 25.7 Å². The predicted octanol–water partition coefficient (Wildman–Crippen LogP) is 2.52. The van der Waals surface area contributed by atoms with Crippen LogP contribution in [0.4, 0.5) is 0 Å². The summed E-state index contributed by atoms with van der Waals surface area (Å²) in [6.45, 7) is 6.24. The Kier molecular flexibility index (Phi) is 7.14. The van der Waals surface area contributed by atoms with Crippen molar-refractivity contribution in [2.75, 3.05) is 27.3 Å². The summed E-state index contributed by atoms with van der Waals surface area (Å²) in [7, 11) is 3.78. The van der Waals surface area contributed by atoms with Gasteiger partial charge in [-0.15, -0.1) is 0 Å². The van der Waals surface area contributed by atoms with Crippen LogP contribution >= 0.6 is 0 Å². The highest BCUT2D eigenvalue weighted by atomic mass is 16.5. The number of ether oxygens (including phenoxy) is 1. The Morgan fingerprint density at radius 1 is 1.35 bits per heavy atom. The van der Waals surface area contributed by atoms with Crippen LogP contribution < -0.4 is 4.74 Å². The number of hydrogen-bond acceptors (Lipinski definition) is 3. The highest BCUT2D eigenvalue weighted by Crippen LogP contribution is 2.19. The minimum absolute atomic E-state index is 0.116. The zero-order valence-corrected chi connectivity index (χ0v) is 12.9. The summed E-state index contributed by atoms with van der Waals surface area (Å²) >= 11 is 0. The van der Waals surface area contributed by atoms with Crippen LogP contribution in [0.1, 0.15) is 31.4 Å². The normalized spacial score (nSPS) is 10.6. The van der Waals surface area contributed by atoms with Gasteiger partial charge in [0.1, 0.15) is 12.4 Å². The third-order valence-electron chi connectivity index (χ3n) is 3.14. The Bertz CT molecular complexity index is 472. The first-order valence-electron chi connectivity index (χ1n) is 7.02. The molecule has 0 unspecified atom stereocenters. The Labute approximate surface area is 122 Å². The Balaban J connectivity index is 2.84. The fraction of sp³-hybridized carbons (Fsp3) is 0.529. The first kappa shape index (κ1) is 16.6. The fourth-order valence-corrected chi connectivity index (χ4v) is 1.93. The second kappa shape index (κ2) is 8.63. The van der Waals surface area contributed by atoms with E-state index in [4.69, 9.17) is 9.84 Å². The summed E-state index contributed by atoms with van der Waals surface area (Å²) < 4.78 is 5.28. The second-order valence-electron chi connectivity index (χ2n) is 5.40. The van der Waals surface area contributed by atoms with E-state index in [1.54, 1.807) is 7.11 Å². The van der Waals surface area contributed by atoms with Crippen LogP contribution in [0.5, 0.6) is 5.75 Å². The lowest BCUT2D eigenvalue weighted by molar-refractivity contribution is 0.302. The Morgan fingerprint density at radius 2 is 2.10 bits per heavy atom. The summed E-state index contributed by atoms with van der Waals surface area (Å²) in [4.78, 5) is 2.29. The quantitative estimate of drug-likeness (QED) is 0.810. The van der Waals surface area contributed by atoms with Gasteiger partial charge in [-0.3, -0.25) is 0 Å².